The maximum atomic E-state index is 13.6. The topological polar surface area (TPSA) is 126 Å². The molecule has 0 spiro atoms. The van der Waals surface area contributed by atoms with E-state index in [0.29, 0.717) is 50.9 Å². The van der Waals surface area contributed by atoms with Crippen molar-refractivity contribution in [2.75, 3.05) is 26.9 Å². The number of thiazole rings is 1. The van der Waals surface area contributed by atoms with Crippen molar-refractivity contribution in [1.29, 1.82) is 0 Å². The molecule has 0 aliphatic carbocycles. The Balaban J connectivity index is 1.79. The van der Waals surface area contributed by atoms with E-state index in [0.717, 1.165) is 0 Å². The number of methoxy groups -OCH3 is 1. The van der Waals surface area contributed by atoms with Gasteiger partial charge in [-0.05, 0) is 55.3 Å². The first-order valence-electron chi connectivity index (χ1n) is 11.8. The molecule has 0 saturated carbocycles. The van der Waals surface area contributed by atoms with Crippen LogP contribution in [0.5, 0.6) is 17.2 Å². The van der Waals surface area contributed by atoms with Crippen LogP contribution in [-0.2, 0) is 14.3 Å². The molecule has 0 bridgehead atoms. The standard InChI is InChI=1S/C27H26N2O8S/c1-4-35-20-11-8-17(13-21(20)36-5-2)24-19(26(33)34-3)14-28-27-29(24)25(32)22(38-27)12-16-6-9-18(10-7-16)37-15-23(30)31/h6-14,24H,4-5,15H2,1-3H3,(H,30,31)/b22-12-/t24-/m0/s1. The van der Waals surface area contributed by atoms with Gasteiger partial charge in [0, 0.05) is 6.20 Å². The van der Waals surface area contributed by atoms with E-state index in [1.807, 2.05) is 13.8 Å². The Morgan fingerprint density at radius 3 is 2.42 bits per heavy atom. The number of aromatic nitrogens is 1. The largest absolute Gasteiger partial charge is 0.490 e. The van der Waals surface area contributed by atoms with Crippen LogP contribution < -0.4 is 29.1 Å². The lowest BCUT2D eigenvalue weighted by atomic mass is 9.97. The molecule has 38 heavy (non-hydrogen) atoms. The molecular weight excluding hydrogens is 512 g/mol. The summed E-state index contributed by atoms with van der Waals surface area (Å²) < 4.78 is 23.5. The zero-order valence-electron chi connectivity index (χ0n) is 21.0. The van der Waals surface area contributed by atoms with Gasteiger partial charge in [0.25, 0.3) is 5.56 Å². The number of hydrogen-bond donors (Lipinski definition) is 1. The van der Waals surface area contributed by atoms with Gasteiger partial charge in [0.05, 0.1) is 36.5 Å². The number of hydrogen-bond acceptors (Lipinski definition) is 9. The van der Waals surface area contributed by atoms with Gasteiger partial charge in [-0.2, -0.15) is 0 Å². The Morgan fingerprint density at radius 2 is 1.76 bits per heavy atom. The molecule has 10 nitrogen and oxygen atoms in total. The van der Waals surface area contributed by atoms with Crippen molar-refractivity contribution in [1.82, 2.24) is 4.57 Å². The highest BCUT2D eigenvalue weighted by Gasteiger charge is 2.31. The van der Waals surface area contributed by atoms with Crippen LogP contribution in [0.1, 0.15) is 31.0 Å². The smallest absolute Gasteiger partial charge is 0.341 e. The fourth-order valence-electron chi connectivity index (χ4n) is 3.94. The predicted octanol–water partition coefficient (Wildman–Crippen LogP) is 2.28. The summed E-state index contributed by atoms with van der Waals surface area (Å²) >= 11 is 1.19. The molecule has 2 heterocycles. The Morgan fingerprint density at radius 1 is 1.05 bits per heavy atom. The summed E-state index contributed by atoms with van der Waals surface area (Å²) in [6.45, 7) is 4.14. The Kier molecular flexibility index (Phi) is 8.27. The Labute approximate surface area is 221 Å². The number of esters is 1. The molecule has 3 aromatic rings. The van der Waals surface area contributed by atoms with E-state index in [-0.39, 0.29) is 11.1 Å². The van der Waals surface area contributed by atoms with Crippen molar-refractivity contribution >= 4 is 29.4 Å². The van der Waals surface area contributed by atoms with E-state index in [1.54, 1.807) is 48.5 Å². The summed E-state index contributed by atoms with van der Waals surface area (Å²) in [5.74, 6) is -0.214. The van der Waals surface area contributed by atoms with Crippen LogP contribution in [0.2, 0.25) is 0 Å². The number of ether oxygens (including phenoxy) is 4. The second-order valence-corrected chi connectivity index (χ2v) is 9.01. The molecule has 0 fully saturated rings. The zero-order valence-corrected chi connectivity index (χ0v) is 21.8. The number of carboxylic acids is 1. The molecule has 1 atom stereocenters. The van der Waals surface area contributed by atoms with Crippen molar-refractivity contribution in [3.63, 3.8) is 0 Å². The van der Waals surface area contributed by atoms with Crippen LogP contribution in [0.25, 0.3) is 6.08 Å². The number of aliphatic carboxylic acids is 1. The van der Waals surface area contributed by atoms with E-state index < -0.39 is 24.6 Å². The second-order valence-electron chi connectivity index (χ2n) is 8.00. The Hall–Kier alpha value is -4.38. The molecule has 11 heteroatoms. The normalized spacial score (nSPS) is 14.7. The number of carbonyl (C=O) groups excluding carboxylic acids is 1. The maximum absolute atomic E-state index is 13.6. The summed E-state index contributed by atoms with van der Waals surface area (Å²) in [4.78, 5) is 41.8. The molecule has 0 radical (unpaired) electrons. The van der Waals surface area contributed by atoms with Crippen LogP contribution in [0.3, 0.4) is 0 Å². The first-order valence-corrected chi connectivity index (χ1v) is 12.6. The lowest BCUT2D eigenvalue weighted by Crippen LogP contribution is -2.39. The van der Waals surface area contributed by atoms with E-state index in [9.17, 15) is 14.4 Å². The van der Waals surface area contributed by atoms with E-state index in [1.165, 1.54) is 29.2 Å². The third-order valence-electron chi connectivity index (χ3n) is 5.55. The lowest BCUT2D eigenvalue weighted by molar-refractivity contribution is -0.139. The van der Waals surface area contributed by atoms with Gasteiger partial charge in [0.15, 0.2) is 22.9 Å². The summed E-state index contributed by atoms with van der Waals surface area (Å²) in [7, 11) is 1.28. The number of nitrogens with zero attached hydrogens (tertiary/aromatic N) is 2. The summed E-state index contributed by atoms with van der Waals surface area (Å²) in [5.41, 5.74) is 1.22. The molecule has 1 aliphatic rings. The quantitative estimate of drug-likeness (QED) is 0.390. The fourth-order valence-corrected chi connectivity index (χ4v) is 4.91. The van der Waals surface area contributed by atoms with Crippen LogP contribution in [0, 0.1) is 0 Å². The third-order valence-corrected chi connectivity index (χ3v) is 6.55. The van der Waals surface area contributed by atoms with Crippen molar-refractivity contribution in [2.45, 2.75) is 19.9 Å². The van der Waals surface area contributed by atoms with Crippen LogP contribution in [0.4, 0.5) is 0 Å². The van der Waals surface area contributed by atoms with Gasteiger partial charge in [0.2, 0.25) is 0 Å². The van der Waals surface area contributed by atoms with Crippen LogP contribution in [-0.4, -0.2) is 48.5 Å². The molecular formula is C27H26N2O8S. The molecule has 0 unspecified atom stereocenters. The maximum Gasteiger partial charge on any atom is 0.341 e. The number of carbonyl (C=O) groups is 2. The predicted molar refractivity (Wildman–Crippen MR) is 140 cm³/mol. The van der Waals surface area contributed by atoms with Gasteiger partial charge < -0.3 is 24.1 Å². The van der Waals surface area contributed by atoms with Crippen molar-refractivity contribution < 1.29 is 33.6 Å². The number of benzene rings is 2. The van der Waals surface area contributed by atoms with Crippen molar-refractivity contribution in [3.05, 3.63) is 85.1 Å². The van der Waals surface area contributed by atoms with E-state index in [2.05, 4.69) is 4.99 Å². The monoisotopic (exact) mass is 538 g/mol. The third kappa shape index (κ3) is 5.62. The van der Waals surface area contributed by atoms with Crippen LogP contribution in [0.15, 0.2) is 64.0 Å². The van der Waals surface area contributed by atoms with Crippen LogP contribution >= 0.6 is 11.3 Å². The molecule has 2 aromatic carbocycles. The zero-order chi connectivity index (χ0) is 27.2. The minimum Gasteiger partial charge on any atom is -0.490 e. The van der Waals surface area contributed by atoms with Crippen molar-refractivity contribution in [2.24, 2.45) is 4.99 Å². The Bertz CT molecular complexity index is 1550. The summed E-state index contributed by atoms with van der Waals surface area (Å²) in [5, 5.41) is 8.76. The first-order chi connectivity index (χ1) is 18.4. The highest BCUT2D eigenvalue weighted by molar-refractivity contribution is 7.07. The molecule has 4 rings (SSSR count). The highest BCUT2D eigenvalue weighted by atomic mass is 32.1. The van der Waals surface area contributed by atoms with E-state index in [4.69, 9.17) is 24.1 Å². The van der Waals surface area contributed by atoms with Gasteiger partial charge in [0.1, 0.15) is 5.75 Å². The number of carboxylic acid groups (broad SMARTS) is 1. The first kappa shape index (κ1) is 26.7. The van der Waals surface area contributed by atoms with Gasteiger partial charge in [-0.15, -0.1) is 0 Å². The lowest BCUT2D eigenvalue weighted by Gasteiger charge is -2.23. The average molecular weight is 539 g/mol. The molecule has 1 N–H and O–H groups in total. The number of rotatable bonds is 10. The van der Waals surface area contributed by atoms with Gasteiger partial charge in [-0.25, -0.2) is 14.6 Å². The van der Waals surface area contributed by atoms with Crippen molar-refractivity contribution in [3.8, 4) is 17.2 Å². The molecule has 1 aliphatic heterocycles. The highest BCUT2D eigenvalue weighted by Crippen LogP contribution is 2.35. The SMILES string of the molecule is CCOc1ccc([C@H]2C(C(=O)OC)=CN=c3s/c(=C\c4ccc(OCC(=O)O)cc4)c(=O)n32)cc1OCC. The summed E-state index contributed by atoms with van der Waals surface area (Å²) in [6.07, 6.45) is 3.13. The number of fused-ring (bicyclic) bond motifs is 1. The van der Waals surface area contributed by atoms with Gasteiger partial charge in [-0.3, -0.25) is 9.36 Å². The van der Waals surface area contributed by atoms with E-state index >= 15 is 0 Å². The fraction of sp³-hybridized carbons (Fsp3) is 0.259. The van der Waals surface area contributed by atoms with Gasteiger partial charge in [-0.1, -0.05) is 29.5 Å². The summed E-state index contributed by atoms with van der Waals surface area (Å²) in [6, 6.07) is 11.2. The minimum absolute atomic E-state index is 0.206. The van der Waals surface area contributed by atoms with Gasteiger partial charge >= 0.3 is 11.9 Å². The molecule has 0 saturated heterocycles. The minimum atomic E-state index is -1.07. The molecule has 1 aromatic heterocycles. The molecule has 0 amide bonds. The second kappa shape index (κ2) is 11.8. The molecule has 198 valence electrons. The average Bonchev–Trinajstić information content (AvgIpc) is 3.23.